The molecule has 1 aromatic heterocycles. The van der Waals surface area contributed by atoms with Gasteiger partial charge in [-0.3, -0.25) is 10.1 Å². The maximum Gasteiger partial charge on any atom is 0.271 e. The molecule has 0 atom stereocenters. The zero-order chi connectivity index (χ0) is 9.42. The molecule has 0 spiro atoms. The molecule has 0 saturated heterocycles. The van der Waals surface area contributed by atoms with E-state index in [1.54, 1.807) is 6.07 Å². The highest BCUT2D eigenvalue weighted by molar-refractivity contribution is 6.35. The Morgan fingerprint density at radius 1 is 1.46 bits per heavy atom. The Morgan fingerprint density at radius 3 is 2.92 bits per heavy atom. The van der Waals surface area contributed by atoms with Crippen LogP contribution in [0.3, 0.4) is 0 Å². The van der Waals surface area contributed by atoms with E-state index >= 15 is 0 Å². The third kappa shape index (κ3) is 1.25. The monoisotopic (exact) mass is 197 g/mol. The van der Waals surface area contributed by atoms with Crippen molar-refractivity contribution in [2.24, 2.45) is 0 Å². The molecule has 0 N–H and O–H groups in total. The predicted octanol–water partition coefficient (Wildman–Crippen LogP) is 2.99. The summed E-state index contributed by atoms with van der Waals surface area (Å²) < 4.78 is 5.03. The fraction of sp³-hybridized carbons (Fsp3) is 0. The van der Waals surface area contributed by atoms with Crippen molar-refractivity contribution in [2.45, 2.75) is 0 Å². The number of non-ortho nitro benzene ring substituents is 1. The second kappa shape index (κ2) is 2.74. The van der Waals surface area contributed by atoms with Crippen LogP contribution in [0.5, 0.6) is 0 Å². The van der Waals surface area contributed by atoms with Gasteiger partial charge in [-0.25, -0.2) is 0 Å². The number of hydrogen-bond acceptors (Lipinski definition) is 3. The number of rotatable bonds is 1. The van der Waals surface area contributed by atoms with E-state index in [-0.39, 0.29) is 10.7 Å². The quantitative estimate of drug-likeness (QED) is 0.522. The number of nitro groups is 1. The summed E-state index contributed by atoms with van der Waals surface area (Å²) in [5.74, 6) is 0. The van der Waals surface area contributed by atoms with E-state index in [4.69, 9.17) is 16.0 Å². The molecule has 0 unspecified atom stereocenters. The van der Waals surface area contributed by atoms with E-state index < -0.39 is 4.92 Å². The Bertz CT molecular complexity index is 477. The molecule has 0 fully saturated rings. The van der Waals surface area contributed by atoms with Gasteiger partial charge in [0.25, 0.3) is 5.69 Å². The molecular formula is C8H4ClNO3. The molecule has 5 heteroatoms. The minimum Gasteiger partial charge on any atom is -0.463 e. The third-order valence-electron chi connectivity index (χ3n) is 1.70. The third-order valence-corrected chi connectivity index (χ3v) is 1.98. The molecule has 66 valence electrons. The van der Waals surface area contributed by atoms with Crippen LogP contribution >= 0.6 is 11.6 Å². The Hall–Kier alpha value is -1.55. The number of fused-ring (bicyclic) bond motifs is 1. The summed E-state index contributed by atoms with van der Waals surface area (Å²) in [6.07, 6.45) is 1.44. The van der Waals surface area contributed by atoms with Crippen molar-refractivity contribution >= 4 is 28.3 Å². The van der Waals surface area contributed by atoms with Gasteiger partial charge in [0.05, 0.1) is 16.2 Å². The standard InChI is InChI=1S/C8H4ClNO3/c9-7-4-6(10(11)12)3-5-1-2-13-8(5)7/h1-4H. The molecule has 13 heavy (non-hydrogen) atoms. The summed E-state index contributed by atoms with van der Waals surface area (Å²) in [6.45, 7) is 0. The van der Waals surface area contributed by atoms with E-state index in [0.717, 1.165) is 0 Å². The SMILES string of the molecule is O=[N+]([O-])c1cc(Cl)c2occc2c1. The summed E-state index contributed by atoms with van der Waals surface area (Å²) in [5.41, 5.74) is 0.450. The Balaban J connectivity index is 2.77. The molecule has 1 aromatic carbocycles. The summed E-state index contributed by atoms with van der Waals surface area (Å²) in [4.78, 5) is 9.95. The highest BCUT2D eigenvalue weighted by Gasteiger charge is 2.11. The maximum absolute atomic E-state index is 10.4. The molecule has 2 rings (SSSR count). The van der Waals surface area contributed by atoms with E-state index in [1.807, 2.05) is 0 Å². The lowest BCUT2D eigenvalue weighted by molar-refractivity contribution is -0.384. The van der Waals surface area contributed by atoms with Crippen LogP contribution in [0.1, 0.15) is 0 Å². The Morgan fingerprint density at radius 2 is 2.23 bits per heavy atom. The molecule has 4 nitrogen and oxygen atoms in total. The van der Waals surface area contributed by atoms with Gasteiger partial charge in [-0.05, 0) is 6.07 Å². The van der Waals surface area contributed by atoms with Crippen LogP contribution in [-0.2, 0) is 0 Å². The Labute approximate surface area is 77.9 Å². The second-order valence-corrected chi connectivity index (χ2v) is 2.93. The van der Waals surface area contributed by atoms with Crippen LogP contribution in [0.25, 0.3) is 11.0 Å². The van der Waals surface area contributed by atoms with Crippen LogP contribution in [0.4, 0.5) is 5.69 Å². The molecule has 0 aliphatic carbocycles. The minimum absolute atomic E-state index is 0.0288. The topological polar surface area (TPSA) is 56.3 Å². The number of benzene rings is 1. The van der Waals surface area contributed by atoms with Crippen LogP contribution < -0.4 is 0 Å². The first-order chi connectivity index (χ1) is 6.18. The first kappa shape index (κ1) is 8.07. The maximum atomic E-state index is 10.4. The number of furan rings is 1. The van der Waals surface area contributed by atoms with Gasteiger partial charge < -0.3 is 4.42 Å². The number of hydrogen-bond donors (Lipinski definition) is 0. The van der Waals surface area contributed by atoms with Gasteiger partial charge in [0, 0.05) is 17.5 Å². The smallest absolute Gasteiger partial charge is 0.271 e. The van der Waals surface area contributed by atoms with Crippen LogP contribution in [0, 0.1) is 10.1 Å². The molecule has 0 aliphatic heterocycles. The molecule has 0 bridgehead atoms. The first-order valence-electron chi connectivity index (χ1n) is 3.49. The largest absolute Gasteiger partial charge is 0.463 e. The van der Waals surface area contributed by atoms with Crippen molar-refractivity contribution in [2.75, 3.05) is 0 Å². The van der Waals surface area contributed by atoms with Crippen molar-refractivity contribution < 1.29 is 9.34 Å². The summed E-state index contributed by atoms with van der Waals surface area (Å²) in [5, 5.41) is 11.3. The highest BCUT2D eigenvalue weighted by atomic mass is 35.5. The molecule has 0 saturated carbocycles. The zero-order valence-electron chi connectivity index (χ0n) is 6.36. The van der Waals surface area contributed by atoms with Crippen molar-refractivity contribution in [1.82, 2.24) is 0 Å². The van der Waals surface area contributed by atoms with Gasteiger partial charge in [-0.1, -0.05) is 11.6 Å². The number of nitrogens with zero attached hydrogens (tertiary/aromatic N) is 1. The molecule has 0 radical (unpaired) electrons. The molecule has 0 aliphatic rings. The van der Waals surface area contributed by atoms with Gasteiger partial charge >= 0.3 is 0 Å². The van der Waals surface area contributed by atoms with Crippen molar-refractivity contribution in [3.05, 3.63) is 39.6 Å². The first-order valence-corrected chi connectivity index (χ1v) is 3.87. The minimum atomic E-state index is -0.488. The average molecular weight is 198 g/mol. The van der Waals surface area contributed by atoms with E-state index in [2.05, 4.69) is 0 Å². The van der Waals surface area contributed by atoms with Crippen molar-refractivity contribution in [3.63, 3.8) is 0 Å². The molecule has 1 heterocycles. The van der Waals surface area contributed by atoms with Crippen LogP contribution in [0.15, 0.2) is 28.9 Å². The van der Waals surface area contributed by atoms with E-state index in [0.29, 0.717) is 11.0 Å². The normalized spacial score (nSPS) is 10.5. The average Bonchev–Trinajstić information content (AvgIpc) is 2.51. The van der Waals surface area contributed by atoms with Crippen molar-refractivity contribution in [3.8, 4) is 0 Å². The fourth-order valence-corrected chi connectivity index (χ4v) is 1.39. The van der Waals surface area contributed by atoms with Gasteiger partial charge in [-0.2, -0.15) is 0 Å². The Kier molecular flexibility index (Phi) is 1.70. The molecule has 0 amide bonds. The van der Waals surface area contributed by atoms with Gasteiger partial charge in [-0.15, -0.1) is 0 Å². The van der Waals surface area contributed by atoms with E-state index in [1.165, 1.54) is 18.4 Å². The lowest BCUT2D eigenvalue weighted by atomic mass is 10.2. The van der Waals surface area contributed by atoms with Gasteiger partial charge in [0.1, 0.15) is 0 Å². The lowest BCUT2D eigenvalue weighted by Crippen LogP contribution is -1.86. The fourth-order valence-electron chi connectivity index (χ4n) is 1.13. The van der Waals surface area contributed by atoms with Gasteiger partial charge in [0.2, 0.25) is 0 Å². The summed E-state index contributed by atoms with van der Waals surface area (Å²) in [7, 11) is 0. The van der Waals surface area contributed by atoms with Crippen LogP contribution in [-0.4, -0.2) is 4.92 Å². The number of halogens is 1. The number of nitro benzene ring substituents is 1. The van der Waals surface area contributed by atoms with E-state index in [9.17, 15) is 10.1 Å². The zero-order valence-corrected chi connectivity index (χ0v) is 7.12. The molecule has 2 aromatic rings. The molecular weight excluding hydrogens is 194 g/mol. The lowest BCUT2D eigenvalue weighted by Gasteiger charge is -1.93. The highest BCUT2D eigenvalue weighted by Crippen LogP contribution is 2.29. The summed E-state index contributed by atoms with van der Waals surface area (Å²) in [6, 6.07) is 4.33. The predicted molar refractivity (Wildman–Crippen MR) is 47.9 cm³/mol. The van der Waals surface area contributed by atoms with Gasteiger partial charge in [0.15, 0.2) is 5.58 Å². The summed E-state index contributed by atoms with van der Waals surface area (Å²) >= 11 is 5.75. The van der Waals surface area contributed by atoms with Crippen molar-refractivity contribution in [1.29, 1.82) is 0 Å². The second-order valence-electron chi connectivity index (χ2n) is 2.52. The van der Waals surface area contributed by atoms with Crippen LogP contribution in [0.2, 0.25) is 5.02 Å².